The van der Waals surface area contributed by atoms with E-state index in [9.17, 15) is 0 Å². The summed E-state index contributed by atoms with van der Waals surface area (Å²) in [4.78, 5) is 13.1. The number of hydrogen-bond donors (Lipinski definition) is 2. The van der Waals surface area contributed by atoms with Crippen molar-refractivity contribution in [2.45, 2.75) is 6.54 Å². The van der Waals surface area contributed by atoms with E-state index in [0.717, 1.165) is 38.7 Å². The predicted octanol–water partition coefficient (Wildman–Crippen LogP) is 4.96. The number of anilines is 1. The van der Waals surface area contributed by atoms with E-state index in [4.69, 9.17) is 16.3 Å². The summed E-state index contributed by atoms with van der Waals surface area (Å²) in [6.07, 6.45) is 1.79. The highest BCUT2D eigenvalue weighted by molar-refractivity contribution is 7.15. The zero-order chi connectivity index (χ0) is 17.2. The fraction of sp³-hybridized carbons (Fsp3) is 0.111. The Morgan fingerprint density at radius 2 is 2.04 bits per heavy atom. The van der Waals surface area contributed by atoms with Crippen LogP contribution in [0.15, 0.2) is 48.7 Å². The van der Waals surface area contributed by atoms with E-state index in [1.807, 2.05) is 42.5 Å². The molecule has 0 aliphatic rings. The quantitative estimate of drug-likeness (QED) is 0.521. The standard InChI is InChI=1S/C18H15ClN4OS/c1-24-13-6-7-15-16(8-13)23-17(22-15)11-2-4-12(5-3-11)20-9-14-10-21-18(19)25-14/h2-8,10,20H,9H2,1H3,(H,22,23). The van der Waals surface area contributed by atoms with E-state index in [2.05, 4.69) is 20.3 Å². The summed E-state index contributed by atoms with van der Waals surface area (Å²) in [7, 11) is 1.66. The summed E-state index contributed by atoms with van der Waals surface area (Å²) < 4.78 is 5.81. The van der Waals surface area contributed by atoms with Crippen molar-refractivity contribution in [1.29, 1.82) is 0 Å². The lowest BCUT2D eigenvalue weighted by atomic mass is 10.2. The minimum absolute atomic E-state index is 0.564. The molecule has 25 heavy (non-hydrogen) atoms. The number of nitrogens with zero attached hydrogens (tertiary/aromatic N) is 2. The van der Waals surface area contributed by atoms with E-state index in [1.54, 1.807) is 13.3 Å². The molecule has 0 aliphatic heterocycles. The molecule has 7 heteroatoms. The van der Waals surface area contributed by atoms with Gasteiger partial charge in [-0.05, 0) is 36.4 Å². The lowest BCUT2D eigenvalue weighted by Gasteiger charge is -2.05. The van der Waals surface area contributed by atoms with Crippen LogP contribution in [-0.4, -0.2) is 22.1 Å². The maximum Gasteiger partial charge on any atom is 0.183 e. The van der Waals surface area contributed by atoms with Gasteiger partial charge in [-0.1, -0.05) is 11.6 Å². The number of aromatic amines is 1. The van der Waals surface area contributed by atoms with E-state index < -0.39 is 0 Å². The lowest BCUT2D eigenvalue weighted by molar-refractivity contribution is 0.415. The van der Waals surface area contributed by atoms with Crippen LogP contribution in [-0.2, 0) is 6.54 Å². The van der Waals surface area contributed by atoms with Crippen LogP contribution in [0.25, 0.3) is 22.4 Å². The predicted molar refractivity (Wildman–Crippen MR) is 103 cm³/mol. The number of methoxy groups -OCH3 is 1. The third kappa shape index (κ3) is 3.45. The van der Waals surface area contributed by atoms with Gasteiger partial charge in [0.2, 0.25) is 0 Å². The highest BCUT2D eigenvalue weighted by atomic mass is 35.5. The smallest absolute Gasteiger partial charge is 0.183 e. The van der Waals surface area contributed by atoms with Gasteiger partial charge in [0.05, 0.1) is 24.7 Å². The van der Waals surface area contributed by atoms with Crippen molar-refractivity contribution >= 4 is 39.7 Å². The maximum absolute atomic E-state index is 5.84. The minimum atomic E-state index is 0.564. The van der Waals surface area contributed by atoms with Crippen LogP contribution >= 0.6 is 22.9 Å². The largest absolute Gasteiger partial charge is 0.497 e. The molecule has 0 radical (unpaired) electrons. The Balaban J connectivity index is 1.51. The third-order valence-corrected chi connectivity index (χ3v) is 4.95. The molecule has 4 aromatic rings. The summed E-state index contributed by atoms with van der Waals surface area (Å²) in [6, 6.07) is 13.9. The zero-order valence-corrected chi connectivity index (χ0v) is 15.0. The summed E-state index contributed by atoms with van der Waals surface area (Å²) in [5.41, 5.74) is 3.94. The number of rotatable bonds is 5. The number of ether oxygens (including phenoxy) is 1. The van der Waals surface area contributed by atoms with E-state index in [-0.39, 0.29) is 0 Å². The number of halogens is 1. The van der Waals surface area contributed by atoms with Crippen molar-refractivity contribution in [3.05, 3.63) is 58.0 Å². The van der Waals surface area contributed by atoms with Crippen molar-refractivity contribution in [1.82, 2.24) is 15.0 Å². The summed E-state index contributed by atoms with van der Waals surface area (Å²) in [5, 5.41) is 3.36. The Morgan fingerprint density at radius 1 is 1.20 bits per heavy atom. The number of benzene rings is 2. The van der Waals surface area contributed by atoms with Crippen LogP contribution in [0, 0.1) is 0 Å². The third-order valence-electron chi connectivity index (χ3n) is 3.84. The molecular formula is C18H15ClN4OS. The fourth-order valence-corrected chi connectivity index (χ4v) is 3.47. The Morgan fingerprint density at radius 3 is 2.76 bits per heavy atom. The summed E-state index contributed by atoms with van der Waals surface area (Å²) in [6.45, 7) is 0.703. The molecule has 0 saturated heterocycles. The Hall–Kier alpha value is -2.57. The van der Waals surface area contributed by atoms with Gasteiger partial charge >= 0.3 is 0 Å². The van der Waals surface area contributed by atoms with Gasteiger partial charge in [0.25, 0.3) is 0 Å². The number of aromatic nitrogens is 3. The number of nitrogens with one attached hydrogen (secondary N) is 2. The molecule has 2 aromatic heterocycles. The lowest BCUT2D eigenvalue weighted by Crippen LogP contribution is -1.97. The number of thiazole rings is 1. The van der Waals surface area contributed by atoms with Crippen LogP contribution in [0.3, 0.4) is 0 Å². The van der Waals surface area contributed by atoms with Gasteiger partial charge in [-0.15, -0.1) is 11.3 Å². The topological polar surface area (TPSA) is 62.8 Å². The molecule has 0 atom stereocenters. The normalized spacial score (nSPS) is 11.0. The van der Waals surface area contributed by atoms with Crippen LogP contribution in [0.4, 0.5) is 5.69 Å². The van der Waals surface area contributed by atoms with Crippen LogP contribution in [0.5, 0.6) is 5.75 Å². The molecule has 0 spiro atoms. The zero-order valence-electron chi connectivity index (χ0n) is 13.4. The van der Waals surface area contributed by atoms with Crippen molar-refractivity contribution in [3.8, 4) is 17.1 Å². The molecule has 0 amide bonds. The minimum Gasteiger partial charge on any atom is -0.497 e. The Bertz CT molecular complexity index is 1010. The SMILES string of the molecule is COc1ccc2nc(-c3ccc(NCc4cnc(Cl)s4)cc3)[nH]c2c1. The van der Waals surface area contributed by atoms with Gasteiger partial charge in [0.1, 0.15) is 11.6 Å². The van der Waals surface area contributed by atoms with Gasteiger partial charge in [-0.2, -0.15) is 0 Å². The first kappa shape index (κ1) is 15.9. The average molecular weight is 371 g/mol. The van der Waals surface area contributed by atoms with Crippen molar-refractivity contribution < 1.29 is 4.74 Å². The first-order valence-corrected chi connectivity index (χ1v) is 8.89. The molecular weight excluding hydrogens is 356 g/mol. The van der Waals surface area contributed by atoms with Crippen LogP contribution < -0.4 is 10.1 Å². The molecule has 0 fully saturated rings. The van der Waals surface area contributed by atoms with Crippen molar-refractivity contribution in [2.75, 3.05) is 12.4 Å². The number of hydrogen-bond acceptors (Lipinski definition) is 5. The van der Waals surface area contributed by atoms with Gasteiger partial charge in [-0.25, -0.2) is 9.97 Å². The van der Waals surface area contributed by atoms with Gasteiger partial charge < -0.3 is 15.0 Å². The molecule has 2 heterocycles. The van der Waals surface area contributed by atoms with Crippen LogP contribution in [0.1, 0.15) is 4.88 Å². The van der Waals surface area contributed by atoms with Crippen LogP contribution in [0.2, 0.25) is 4.47 Å². The first-order chi connectivity index (χ1) is 12.2. The second-order valence-electron chi connectivity index (χ2n) is 5.48. The van der Waals surface area contributed by atoms with Gasteiger partial charge in [-0.3, -0.25) is 0 Å². The molecule has 5 nitrogen and oxygen atoms in total. The number of H-pyrrole nitrogens is 1. The van der Waals surface area contributed by atoms with Gasteiger partial charge in [0.15, 0.2) is 4.47 Å². The maximum atomic E-state index is 5.84. The highest BCUT2D eigenvalue weighted by Gasteiger charge is 2.07. The fourth-order valence-electron chi connectivity index (χ4n) is 2.55. The summed E-state index contributed by atoms with van der Waals surface area (Å²) >= 11 is 7.32. The molecule has 2 aromatic carbocycles. The Labute approximate surface area is 153 Å². The van der Waals surface area contributed by atoms with Crippen molar-refractivity contribution in [3.63, 3.8) is 0 Å². The number of fused-ring (bicyclic) bond motifs is 1. The molecule has 0 bridgehead atoms. The van der Waals surface area contributed by atoms with E-state index in [1.165, 1.54) is 11.3 Å². The molecule has 2 N–H and O–H groups in total. The summed E-state index contributed by atoms with van der Waals surface area (Å²) in [5.74, 6) is 1.65. The molecule has 0 saturated carbocycles. The number of imidazole rings is 1. The molecule has 4 rings (SSSR count). The Kier molecular flexibility index (Phi) is 4.29. The van der Waals surface area contributed by atoms with Gasteiger partial charge in [0, 0.05) is 28.4 Å². The second-order valence-corrected chi connectivity index (χ2v) is 7.18. The van der Waals surface area contributed by atoms with E-state index >= 15 is 0 Å². The molecule has 126 valence electrons. The highest BCUT2D eigenvalue weighted by Crippen LogP contribution is 2.25. The van der Waals surface area contributed by atoms with Crippen molar-refractivity contribution in [2.24, 2.45) is 0 Å². The average Bonchev–Trinajstić information content (AvgIpc) is 3.25. The first-order valence-electron chi connectivity index (χ1n) is 7.69. The molecule has 0 aliphatic carbocycles. The molecule has 0 unspecified atom stereocenters. The monoisotopic (exact) mass is 370 g/mol. The van der Waals surface area contributed by atoms with E-state index in [0.29, 0.717) is 11.0 Å². The second kappa shape index (κ2) is 6.74.